The maximum Gasteiger partial charge on any atom is 0.192 e. The molecule has 0 amide bonds. The molecule has 0 unspecified atom stereocenters. The third-order valence-corrected chi connectivity index (χ3v) is 3.71. The van der Waals surface area contributed by atoms with Gasteiger partial charge in [-0.15, -0.1) is 11.3 Å². The number of aryl methyl sites for hydroxylation is 1. The lowest BCUT2D eigenvalue weighted by molar-refractivity contribution is 0.561. The minimum Gasteiger partial charge on any atom is -0.441 e. The van der Waals surface area contributed by atoms with Crippen molar-refractivity contribution in [2.24, 2.45) is 0 Å². The van der Waals surface area contributed by atoms with Crippen LogP contribution in [-0.4, -0.2) is 17.0 Å². The summed E-state index contributed by atoms with van der Waals surface area (Å²) in [4.78, 5) is 9.88. The van der Waals surface area contributed by atoms with Crippen molar-refractivity contribution in [3.05, 3.63) is 35.3 Å². The highest BCUT2D eigenvalue weighted by molar-refractivity contribution is 7.15. The van der Waals surface area contributed by atoms with Gasteiger partial charge in [-0.25, -0.2) is 9.97 Å². The predicted octanol–water partition coefficient (Wildman–Crippen LogP) is 2.98. The summed E-state index contributed by atoms with van der Waals surface area (Å²) in [6, 6.07) is 6.05. The van der Waals surface area contributed by atoms with Gasteiger partial charge in [-0.05, 0) is 30.8 Å². The van der Waals surface area contributed by atoms with Crippen molar-refractivity contribution < 1.29 is 4.42 Å². The van der Waals surface area contributed by atoms with Crippen molar-refractivity contribution in [2.75, 3.05) is 7.05 Å². The molecule has 0 aliphatic rings. The van der Waals surface area contributed by atoms with Gasteiger partial charge in [0.1, 0.15) is 10.5 Å². The average Bonchev–Trinajstić information content (AvgIpc) is 2.93. The lowest BCUT2D eigenvalue weighted by Gasteiger charge is -1.95. The molecule has 0 atom stereocenters. The molecule has 0 saturated heterocycles. The first-order chi connectivity index (χ1) is 8.76. The van der Waals surface area contributed by atoms with Gasteiger partial charge >= 0.3 is 0 Å². The zero-order valence-corrected chi connectivity index (χ0v) is 11.0. The molecular weight excluding hydrogens is 246 g/mol. The SMILES string of the molecule is CNCc1ncc(-c2ccc3oc(C)nc3c2)s1. The molecular formula is C13H13N3OS. The number of nitrogens with zero attached hydrogens (tertiary/aromatic N) is 2. The number of oxazole rings is 1. The number of hydrogen-bond acceptors (Lipinski definition) is 5. The molecule has 0 saturated carbocycles. The van der Waals surface area contributed by atoms with E-state index in [2.05, 4.69) is 15.3 Å². The lowest BCUT2D eigenvalue weighted by Crippen LogP contribution is -2.03. The second kappa shape index (κ2) is 4.51. The van der Waals surface area contributed by atoms with E-state index in [-0.39, 0.29) is 0 Å². The topological polar surface area (TPSA) is 51.0 Å². The molecule has 18 heavy (non-hydrogen) atoms. The van der Waals surface area contributed by atoms with Crippen LogP contribution in [0, 0.1) is 6.92 Å². The fourth-order valence-corrected chi connectivity index (χ4v) is 2.80. The average molecular weight is 259 g/mol. The number of hydrogen-bond donors (Lipinski definition) is 1. The largest absolute Gasteiger partial charge is 0.441 e. The van der Waals surface area contributed by atoms with Crippen LogP contribution in [0.1, 0.15) is 10.9 Å². The minimum atomic E-state index is 0.697. The Morgan fingerprint density at radius 1 is 1.39 bits per heavy atom. The highest BCUT2D eigenvalue weighted by Crippen LogP contribution is 2.29. The zero-order valence-electron chi connectivity index (χ0n) is 10.2. The quantitative estimate of drug-likeness (QED) is 0.785. The highest BCUT2D eigenvalue weighted by Gasteiger charge is 2.07. The third-order valence-electron chi connectivity index (χ3n) is 2.66. The van der Waals surface area contributed by atoms with Crippen LogP contribution < -0.4 is 5.32 Å². The van der Waals surface area contributed by atoms with Crippen LogP contribution in [0.2, 0.25) is 0 Å². The third kappa shape index (κ3) is 2.02. The Hall–Kier alpha value is -1.72. The molecule has 5 heteroatoms. The van der Waals surface area contributed by atoms with Gasteiger partial charge in [0.25, 0.3) is 0 Å². The molecule has 0 aliphatic heterocycles. The van der Waals surface area contributed by atoms with Crippen LogP contribution in [0.4, 0.5) is 0 Å². The second-order valence-electron chi connectivity index (χ2n) is 4.06. The molecule has 0 fully saturated rings. The first kappa shape index (κ1) is 11.4. The molecule has 2 aromatic heterocycles. The summed E-state index contributed by atoms with van der Waals surface area (Å²) in [6.45, 7) is 2.66. The van der Waals surface area contributed by atoms with Gasteiger partial charge in [-0.1, -0.05) is 0 Å². The Balaban J connectivity index is 2.01. The smallest absolute Gasteiger partial charge is 0.192 e. The molecule has 3 aromatic rings. The number of fused-ring (bicyclic) bond motifs is 1. The first-order valence-corrected chi connectivity index (χ1v) is 6.55. The van der Waals surface area contributed by atoms with Crippen LogP contribution in [0.3, 0.4) is 0 Å². The van der Waals surface area contributed by atoms with Gasteiger partial charge in [0.2, 0.25) is 0 Å². The van der Waals surface area contributed by atoms with E-state index in [4.69, 9.17) is 4.42 Å². The van der Waals surface area contributed by atoms with E-state index >= 15 is 0 Å². The highest BCUT2D eigenvalue weighted by atomic mass is 32.1. The predicted molar refractivity (Wildman–Crippen MR) is 72.6 cm³/mol. The van der Waals surface area contributed by atoms with Crippen molar-refractivity contribution >= 4 is 22.4 Å². The Kier molecular flexibility index (Phi) is 2.85. The number of rotatable bonds is 3. The molecule has 0 radical (unpaired) electrons. The fourth-order valence-electron chi connectivity index (χ4n) is 1.87. The van der Waals surface area contributed by atoms with Gasteiger partial charge in [0, 0.05) is 19.7 Å². The van der Waals surface area contributed by atoms with Crippen molar-refractivity contribution in [3.63, 3.8) is 0 Å². The Labute approximate surface area is 109 Å². The summed E-state index contributed by atoms with van der Waals surface area (Å²) in [5.74, 6) is 0.697. The molecule has 1 aromatic carbocycles. The van der Waals surface area contributed by atoms with Gasteiger partial charge in [-0.2, -0.15) is 0 Å². The van der Waals surface area contributed by atoms with Crippen molar-refractivity contribution in [3.8, 4) is 10.4 Å². The van der Waals surface area contributed by atoms with Crippen LogP contribution in [0.5, 0.6) is 0 Å². The van der Waals surface area contributed by atoms with Crippen LogP contribution in [-0.2, 0) is 6.54 Å². The lowest BCUT2D eigenvalue weighted by atomic mass is 10.2. The number of benzene rings is 1. The van der Waals surface area contributed by atoms with Crippen LogP contribution in [0.15, 0.2) is 28.8 Å². The molecule has 0 spiro atoms. The van der Waals surface area contributed by atoms with Crippen molar-refractivity contribution in [1.29, 1.82) is 0 Å². The van der Waals surface area contributed by atoms with Gasteiger partial charge < -0.3 is 9.73 Å². The van der Waals surface area contributed by atoms with Gasteiger partial charge in [-0.3, -0.25) is 0 Å². The summed E-state index contributed by atoms with van der Waals surface area (Å²) >= 11 is 1.69. The van der Waals surface area contributed by atoms with E-state index in [0.29, 0.717) is 5.89 Å². The van der Waals surface area contributed by atoms with Crippen molar-refractivity contribution in [1.82, 2.24) is 15.3 Å². The molecule has 0 bridgehead atoms. The Bertz CT molecular complexity index is 686. The van der Waals surface area contributed by atoms with Crippen LogP contribution in [0.25, 0.3) is 21.5 Å². The number of thiazole rings is 1. The Morgan fingerprint density at radius 3 is 3.11 bits per heavy atom. The van der Waals surface area contributed by atoms with E-state index in [1.54, 1.807) is 11.3 Å². The maximum atomic E-state index is 5.47. The first-order valence-electron chi connectivity index (χ1n) is 5.73. The molecule has 0 aliphatic carbocycles. The normalized spacial score (nSPS) is 11.2. The van der Waals surface area contributed by atoms with E-state index < -0.39 is 0 Å². The monoisotopic (exact) mass is 259 g/mol. The van der Waals surface area contributed by atoms with Crippen LogP contribution >= 0.6 is 11.3 Å². The summed E-state index contributed by atoms with van der Waals surface area (Å²) in [5.41, 5.74) is 2.86. The second-order valence-corrected chi connectivity index (χ2v) is 5.18. The summed E-state index contributed by atoms with van der Waals surface area (Å²) in [5, 5.41) is 4.19. The van der Waals surface area contributed by atoms with E-state index in [9.17, 15) is 0 Å². The van der Waals surface area contributed by atoms with E-state index in [1.807, 2.05) is 38.4 Å². The molecule has 1 N–H and O–H groups in total. The van der Waals surface area contributed by atoms with E-state index in [0.717, 1.165) is 33.1 Å². The Morgan fingerprint density at radius 2 is 2.28 bits per heavy atom. The fraction of sp³-hybridized carbons (Fsp3) is 0.231. The molecule has 4 nitrogen and oxygen atoms in total. The summed E-state index contributed by atoms with van der Waals surface area (Å²) < 4.78 is 5.47. The summed E-state index contributed by atoms with van der Waals surface area (Å²) in [6.07, 6.45) is 1.91. The van der Waals surface area contributed by atoms with Crippen molar-refractivity contribution in [2.45, 2.75) is 13.5 Å². The summed E-state index contributed by atoms with van der Waals surface area (Å²) in [7, 11) is 1.92. The molecule has 2 heterocycles. The van der Waals surface area contributed by atoms with E-state index in [1.165, 1.54) is 0 Å². The standard InChI is InChI=1S/C13H13N3OS/c1-8-16-10-5-9(3-4-11(10)17-8)12-6-15-13(18-12)7-14-2/h3-6,14H,7H2,1-2H3. The molecule has 92 valence electrons. The minimum absolute atomic E-state index is 0.697. The number of nitrogens with one attached hydrogen (secondary N) is 1. The zero-order chi connectivity index (χ0) is 12.5. The van der Waals surface area contributed by atoms with Gasteiger partial charge in [0.05, 0.1) is 4.88 Å². The molecule has 3 rings (SSSR count). The number of aromatic nitrogens is 2. The maximum absolute atomic E-state index is 5.47. The van der Waals surface area contributed by atoms with Gasteiger partial charge in [0.15, 0.2) is 11.5 Å².